The molecule has 0 unspecified atom stereocenters. The second kappa shape index (κ2) is 5.88. The van der Waals surface area contributed by atoms with E-state index in [-0.39, 0.29) is 5.54 Å². The fraction of sp³-hybridized carbons (Fsp3) is 0.375. The zero-order valence-electron chi connectivity index (χ0n) is 12.8. The Morgan fingerprint density at radius 3 is 2.71 bits per heavy atom. The average molecular weight is 284 g/mol. The van der Waals surface area contributed by atoms with Crippen LogP contribution in [0.2, 0.25) is 0 Å². The molecule has 21 heavy (non-hydrogen) atoms. The SMILES string of the molecule is COc1cccc(C#N)c1NCc1cnn(C(C)(C)C)c1. The first-order valence-corrected chi connectivity index (χ1v) is 6.80. The van der Waals surface area contributed by atoms with Crippen LogP contribution in [-0.2, 0) is 12.1 Å². The van der Waals surface area contributed by atoms with E-state index in [0.29, 0.717) is 23.5 Å². The molecular formula is C16H20N4O. The lowest BCUT2D eigenvalue weighted by Crippen LogP contribution is -2.22. The highest BCUT2D eigenvalue weighted by molar-refractivity contribution is 5.66. The monoisotopic (exact) mass is 284 g/mol. The van der Waals surface area contributed by atoms with Gasteiger partial charge in [-0.25, -0.2) is 0 Å². The second-order valence-corrected chi connectivity index (χ2v) is 5.81. The summed E-state index contributed by atoms with van der Waals surface area (Å²) in [6.07, 6.45) is 3.84. The van der Waals surface area contributed by atoms with Crippen molar-refractivity contribution >= 4 is 5.69 Å². The number of rotatable bonds is 4. The zero-order valence-corrected chi connectivity index (χ0v) is 12.8. The minimum atomic E-state index is -0.0412. The third kappa shape index (κ3) is 3.34. The van der Waals surface area contributed by atoms with Crippen molar-refractivity contribution < 1.29 is 4.74 Å². The normalized spacial score (nSPS) is 11.0. The highest BCUT2D eigenvalue weighted by atomic mass is 16.5. The number of benzene rings is 1. The molecule has 1 aromatic heterocycles. The van der Waals surface area contributed by atoms with Gasteiger partial charge in [0.05, 0.1) is 30.1 Å². The molecule has 5 nitrogen and oxygen atoms in total. The molecule has 1 N–H and O–H groups in total. The summed E-state index contributed by atoms with van der Waals surface area (Å²) in [5, 5.41) is 16.8. The molecular weight excluding hydrogens is 264 g/mol. The molecule has 110 valence electrons. The van der Waals surface area contributed by atoms with E-state index >= 15 is 0 Å². The molecule has 0 aliphatic carbocycles. The number of hydrogen-bond donors (Lipinski definition) is 1. The van der Waals surface area contributed by atoms with E-state index < -0.39 is 0 Å². The lowest BCUT2D eigenvalue weighted by Gasteiger charge is -2.18. The van der Waals surface area contributed by atoms with Gasteiger partial charge in [0, 0.05) is 18.3 Å². The molecule has 0 aliphatic heterocycles. The summed E-state index contributed by atoms with van der Waals surface area (Å²) >= 11 is 0. The number of ether oxygens (including phenoxy) is 1. The number of nitrogens with one attached hydrogen (secondary N) is 1. The van der Waals surface area contributed by atoms with Crippen LogP contribution in [0.1, 0.15) is 31.9 Å². The van der Waals surface area contributed by atoms with Gasteiger partial charge in [0.2, 0.25) is 0 Å². The lowest BCUT2D eigenvalue weighted by molar-refractivity contribution is 0.355. The van der Waals surface area contributed by atoms with Crippen LogP contribution in [0.25, 0.3) is 0 Å². The van der Waals surface area contributed by atoms with Crippen molar-refractivity contribution in [3.8, 4) is 11.8 Å². The Morgan fingerprint density at radius 2 is 2.14 bits per heavy atom. The Hall–Kier alpha value is -2.48. The summed E-state index contributed by atoms with van der Waals surface area (Å²) in [5.41, 5.74) is 2.30. The Morgan fingerprint density at radius 1 is 1.38 bits per heavy atom. The van der Waals surface area contributed by atoms with E-state index in [4.69, 9.17) is 4.74 Å². The summed E-state index contributed by atoms with van der Waals surface area (Å²) in [7, 11) is 1.60. The largest absolute Gasteiger partial charge is 0.495 e. The standard InChI is InChI=1S/C16H20N4O/c1-16(2,3)20-11-12(10-19-20)9-18-15-13(8-17)6-5-7-14(15)21-4/h5-7,10-11,18H,9H2,1-4H3. The first kappa shape index (κ1) is 14.9. The molecule has 0 aliphatic rings. The number of anilines is 1. The lowest BCUT2D eigenvalue weighted by atomic mass is 10.1. The highest BCUT2D eigenvalue weighted by Crippen LogP contribution is 2.28. The minimum Gasteiger partial charge on any atom is -0.495 e. The van der Waals surface area contributed by atoms with Gasteiger partial charge in [-0.05, 0) is 32.9 Å². The van der Waals surface area contributed by atoms with Crippen molar-refractivity contribution in [3.63, 3.8) is 0 Å². The van der Waals surface area contributed by atoms with Crippen molar-refractivity contribution in [2.45, 2.75) is 32.9 Å². The average Bonchev–Trinajstić information content (AvgIpc) is 2.93. The predicted molar refractivity (Wildman–Crippen MR) is 82.3 cm³/mol. The molecule has 0 saturated carbocycles. The Labute approximate surface area is 125 Å². The summed E-state index contributed by atoms with van der Waals surface area (Å²) in [5.74, 6) is 0.664. The maximum Gasteiger partial charge on any atom is 0.143 e. The predicted octanol–water partition coefficient (Wildman–Crippen LogP) is 3.13. The molecule has 0 fully saturated rings. The number of nitriles is 1. The van der Waals surface area contributed by atoms with E-state index in [9.17, 15) is 5.26 Å². The van der Waals surface area contributed by atoms with Gasteiger partial charge in [0.25, 0.3) is 0 Å². The number of nitrogens with zero attached hydrogens (tertiary/aromatic N) is 3. The van der Waals surface area contributed by atoms with Gasteiger partial charge >= 0.3 is 0 Å². The molecule has 0 saturated heterocycles. The smallest absolute Gasteiger partial charge is 0.143 e. The third-order valence-electron chi connectivity index (χ3n) is 3.16. The Balaban J connectivity index is 2.17. The van der Waals surface area contributed by atoms with E-state index in [1.807, 2.05) is 23.1 Å². The van der Waals surface area contributed by atoms with E-state index in [1.165, 1.54) is 0 Å². The quantitative estimate of drug-likeness (QED) is 0.937. The van der Waals surface area contributed by atoms with Crippen LogP contribution in [0.15, 0.2) is 30.6 Å². The van der Waals surface area contributed by atoms with Gasteiger partial charge in [-0.1, -0.05) is 6.07 Å². The fourth-order valence-corrected chi connectivity index (χ4v) is 1.99. The van der Waals surface area contributed by atoms with Crippen molar-refractivity contribution in [1.82, 2.24) is 9.78 Å². The van der Waals surface area contributed by atoms with E-state index in [1.54, 1.807) is 19.2 Å². The maximum atomic E-state index is 9.18. The zero-order chi connectivity index (χ0) is 15.5. The molecule has 0 spiro atoms. The van der Waals surface area contributed by atoms with E-state index in [2.05, 4.69) is 37.3 Å². The first-order chi connectivity index (χ1) is 9.95. The Kier molecular flexibility index (Phi) is 4.18. The molecule has 2 rings (SSSR count). The van der Waals surface area contributed by atoms with Gasteiger partial charge in [-0.2, -0.15) is 10.4 Å². The van der Waals surface area contributed by atoms with Crippen LogP contribution in [0.5, 0.6) is 5.75 Å². The number of para-hydroxylation sites is 1. The Bertz CT molecular complexity index is 662. The van der Waals surface area contributed by atoms with Crippen LogP contribution >= 0.6 is 0 Å². The maximum absolute atomic E-state index is 9.18. The van der Waals surface area contributed by atoms with Crippen LogP contribution in [0.3, 0.4) is 0 Å². The summed E-state index contributed by atoms with van der Waals surface area (Å²) in [6.45, 7) is 6.90. The van der Waals surface area contributed by atoms with Crippen LogP contribution < -0.4 is 10.1 Å². The van der Waals surface area contributed by atoms with Gasteiger partial charge in [-0.15, -0.1) is 0 Å². The number of hydrogen-bond acceptors (Lipinski definition) is 4. The molecule has 0 bridgehead atoms. The van der Waals surface area contributed by atoms with Crippen LogP contribution in [0, 0.1) is 11.3 Å². The minimum absolute atomic E-state index is 0.0412. The summed E-state index contributed by atoms with van der Waals surface area (Å²) < 4.78 is 7.23. The fourth-order valence-electron chi connectivity index (χ4n) is 1.99. The van der Waals surface area contributed by atoms with E-state index in [0.717, 1.165) is 5.56 Å². The van der Waals surface area contributed by atoms with Gasteiger partial charge in [-0.3, -0.25) is 4.68 Å². The van der Waals surface area contributed by atoms with Crippen LogP contribution in [-0.4, -0.2) is 16.9 Å². The second-order valence-electron chi connectivity index (χ2n) is 5.81. The highest BCUT2D eigenvalue weighted by Gasteiger charge is 2.14. The molecule has 0 amide bonds. The molecule has 5 heteroatoms. The number of aromatic nitrogens is 2. The molecule has 1 aromatic carbocycles. The summed E-state index contributed by atoms with van der Waals surface area (Å²) in [6, 6.07) is 7.58. The summed E-state index contributed by atoms with van der Waals surface area (Å²) in [4.78, 5) is 0. The molecule has 0 atom stereocenters. The molecule has 2 aromatic rings. The van der Waals surface area contributed by atoms with Crippen LogP contribution in [0.4, 0.5) is 5.69 Å². The van der Waals surface area contributed by atoms with Crippen molar-refractivity contribution in [1.29, 1.82) is 5.26 Å². The van der Waals surface area contributed by atoms with Crippen molar-refractivity contribution in [2.24, 2.45) is 0 Å². The third-order valence-corrected chi connectivity index (χ3v) is 3.16. The first-order valence-electron chi connectivity index (χ1n) is 6.80. The van der Waals surface area contributed by atoms with Crippen molar-refractivity contribution in [3.05, 3.63) is 41.7 Å². The van der Waals surface area contributed by atoms with Crippen molar-refractivity contribution in [2.75, 3.05) is 12.4 Å². The topological polar surface area (TPSA) is 62.9 Å². The van der Waals surface area contributed by atoms with Gasteiger partial charge in [0.1, 0.15) is 11.8 Å². The van der Waals surface area contributed by atoms with Gasteiger partial charge in [0.15, 0.2) is 0 Å². The number of methoxy groups -OCH3 is 1. The molecule has 1 heterocycles. The molecule has 0 radical (unpaired) electrons. The van der Waals surface area contributed by atoms with Gasteiger partial charge < -0.3 is 10.1 Å².